The number of hydrogen-bond acceptors (Lipinski definition) is 3. The number of hydrogen-bond donors (Lipinski definition) is 1. The SMILES string of the molecule is COc1ccc(CN(C)CS)cc1C(C)C. The Morgan fingerprint density at radius 3 is 2.56 bits per heavy atom. The minimum absolute atomic E-state index is 0.483. The third kappa shape index (κ3) is 3.42. The molecule has 0 fully saturated rings. The van der Waals surface area contributed by atoms with E-state index in [-0.39, 0.29) is 0 Å². The zero-order chi connectivity index (χ0) is 12.1. The van der Waals surface area contributed by atoms with E-state index >= 15 is 0 Å². The predicted molar refractivity (Wildman–Crippen MR) is 72.4 cm³/mol. The molecule has 0 spiro atoms. The van der Waals surface area contributed by atoms with Crippen LogP contribution in [0.5, 0.6) is 5.75 Å². The van der Waals surface area contributed by atoms with Gasteiger partial charge in [-0.1, -0.05) is 26.0 Å². The van der Waals surface area contributed by atoms with Crippen LogP contribution in [-0.4, -0.2) is 24.9 Å². The first kappa shape index (κ1) is 13.4. The molecule has 0 aliphatic carbocycles. The third-order valence-corrected chi connectivity index (χ3v) is 3.09. The van der Waals surface area contributed by atoms with Gasteiger partial charge in [-0.25, -0.2) is 0 Å². The van der Waals surface area contributed by atoms with E-state index in [2.05, 4.69) is 56.6 Å². The van der Waals surface area contributed by atoms with Crippen LogP contribution >= 0.6 is 12.6 Å². The number of benzene rings is 1. The monoisotopic (exact) mass is 239 g/mol. The lowest BCUT2D eigenvalue weighted by atomic mass is 9.99. The summed E-state index contributed by atoms with van der Waals surface area (Å²) in [6.07, 6.45) is 0. The Balaban J connectivity index is 2.93. The first-order valence-electron chi connectivity index (χ1n) is 5.54. The van der Waals surface area contributed by atoms with Gasteiger partial charge in [-0.15, -0.1) is 0 Å². The van der Waals surface area contributed by atoms with E-state index in [4.69, 9.17) is 4.74 Å². The van der Waals surface area contributed by atoms with E-state index in [1.807, 2.05) is 0 Å². The Morgan fingerprint density at radius 2 is 2.06 bits per heavy atom. The molecule has 0 unspecified atom stereocenters. The fraction of sp³-hybridized carbons (Fsp3) is 0.538. The predicted octanol–water partition coefficient (Wildman–Crippen LogP) is 3.14. The topological polar surface area (TPSA) is 12.5 Å². The second-order valence-electron chi connectivity index (χ2n) is 4.39. The molecule has 0 aromatic heterocycles. The second kappa shape index (κ2) is 6.16. The van der Waals surface area contributed by atoms with Crippen molar-refractivity contribution < 1.29 is 4.74 Å². The van der Waals surface area contributed by atoms with E-state index < -0.39 is 0 Å². The van der Waals surface area contributed by atoms with Gasteiger partial charge in [-0.2, -0.15) is 12.6 Å². The van der Waals surface area contributed by atoms with E-state index in [1.165, 1.54) is 11.1 Å². The van der Waals surface area contributed by atoms with Crippen molar-refractivity contribution in [2.24, 2.45) is 0 Å². The Morgan fingerprint density at radius 1 is 1.38 bits per heavy atom. The maximum Gasteiger partial charge on any atom is 0.122 e. The van der Waals surface area contributed by atoms with Crippen LogP contribution in [-0.2, 0) is 6.54 Å². The lowest BCUT2D eigenvalue weighted by molar-refractivity contribution is 0.385. The lowest BCUT2D eigenvalue weighted by Gasteiger charge is -2.17. The highest BCUT2D eigenvalue weighted by Crippen LogP contribution is 2.27. The minimum atomic E-state index is 0.483. The molecule has 1 aromatic rings. The number of ether oxygens (including phenoxy) is 1. The molecule has 0 N–H and O–H groups in total. The lowest BCUT2D eigenvalue weighted by Crippen LogP contribution is -2.15. The number of methoxy groups -OCH3 is 1. The van der Waals surface area contributed by atoms with E-state index in [1.54, 1.807) is 7.11 Å². The summed E-state index contributed by atoms with van der Waals surface area (Å²) >= 11 is 4.25. The van der Waals surface area contributed by atoms with Gasteiger partial charge in [0.1, 0.15) is 5.75 Å². The maximum atomic E-state index is 5.36. The molecule has 0 saturated carbocycles. The molecular formula is C13H21NOS. The van der Waals surface area contributed by atoms with Gasteiger partial charge in [0.05, 0.1) is 7.11 Å². The highest BCUT2D eigenvalue weighted by molar-refractivity contribution is 7.80. The van der Waals surface area contributed by atoms with Crippen molar-refractivity contribution in [1.29, 1.82) is 0 Å². The normalized spacial score (nSPS) is 11.2. The summed E-state index contributed by atoms with van der Waals surface area (Å²) in [4.78, 5) is 2.16. The molecule has 0 amide bonds. The molecule has 2 nitrogen and oxygen atoms in total. The Hall–Kier alpha value is -0.670. The molecule has 0 aliphatic rings. The highest BCUT2D eigenvalue weighted by atomic mass is 32.1. The average Bonchev–Trinajstić information content (AvgIpc) is 2.28. The number of thiol groups is 1. The molecule has 0 bridgehead atoms. The summed E-state index contributed by atoms with van der Waals surface area (Å²) < 4.78 is 5.36. The van der Waals surface area contributed by atoms with Crippen LogP contribution in [0.15, 0.2) is 18.2 Å². The van der Waals surface area contributed by atoms with E-state index in [9.17, 15) is 0 Å². The van der Waals surface area contributed by atoms with Gasteiger partial charge in [0.2, 0.25) is 0 Å². The first-order chi connectivity index (χ1) is 7.58. The van der Waals surface area contributed by atoms with Crippen molar-refractivity contribution in [3.8, 4) is 5.75 Å². The molecule has 1 rings (SSSR count). The van der Waals surface area contributed by atoms with Gasteiger partial charge < -0.3 is 4.74 Å². The summed E-state index contributed by atoms with van der Waals surface area (Å²) in [5.41, 5.74) is 2.58. The molecule has 3 heteroatoms. The zero-order valence-corrected chi connectivity index (χ0v) is 11.4. The Labute approximate surface area is 104 Å². The Bertz CT molecular complexity index is 339. The van der Waals surface area contributed by atoms with Crippen LogP contribution in [0, 0.1) is 0 Å². The molecule has 16 heavy (non-hydrogen) atoms. The fourth-order valence-electron chi connectivity index (χ4n) is 1.70. The molecule has 0 atom stereocenters. The fourth-order valence-corrected chi connectivity index (χ4v) is 1.80. The van der Waals surface area contributed by atoms with Crippen molar-refractivity contribution in [1.82, 2.24) is 4.90 Å². The van der Waals surface area contributed by atoms with Crippen LogP contribution in [0.3, 0.4) is 0 Å². The van der Waals surface area contributed by atoms with Gasteiger partial charge in [0.25, 0.3) is 0 Å². The molecule has 0 heterocycles. The van der Waals surface area contributed by atoms with Crippen molar-refractivity contribution in [2.75, 3.05) is 20.0 Å². The van der Waals surface area contributed by atoms with Crippen molar-refractivity contribution in [3.63, 3.8) is 0 Å². The molecule has 0 saturated heterocycles. The van der Waals surface area contributed by atoms with Crippen molar-refractivity contribution in [2.45, 2.75) is 26.3 Å². The quantitative estimate of drug-likeness (QED) is 0.626. The van der Waals surface area contributed by atoms with Crippen LogP contribution in [0.2, 0.25) is 0 Å². The molecule has 1 aromatic carbocycles. The second-order valence-corrected chi connectivity index (χ2v) is 4.67. The molecule has 90 valence electrons. The van der Waals surface area contributed by atoms with Gasteiger partial charge in [-0.05, 0) is 30.2 Å². The smallest absolute Gasteiger partial charge is 0.122 e. The van der Waals surface area contributed by atoms with Crippen LogP contribution in [0.25, 0.3) is 0 Å². The standard InChI is InChI=1S/C13H21NOS/c1-10(2)12-7-11(8-14(3)9-16)5-6-13(12)15-4/h5-7,10,16H,8-9H2,1-4H3. The zero-order valence-electron chi connectivity index (χ0n) is 10.5. The van der Waals surface area contributed by atoms with Crippen molar-refractivity contribution in [3.05, 3.63) is 29.3 Å². The number of nitrogens with zero attached hydrogens (tertiary/aromatic N) is 1. The first-order valence-corrected chi connectivity index (χ1v) is 6.18. The third-order valence-electron chi connectivity index (χ3n) is 2.61. The van der Waals surface area contributed by atoms with E-state index in [0.29, 0.717) is 5.92 Å². The summed E-state index contributed by atoms with van der Waals surface area (Å²) in [7, 11) is 3.78. The summed E-state index contributed by atoms with van der Waals surface area (Å²) in [5, 5.41) is 0. The molecular weight excluding hydrogens is 218 g/mol. The minimum Gasteiger partial charge on any atom is -0.496 e. The summed E-state index contributed by atoms with van der Waals surface area (Å²) in [6.45, 7) is 5.29. The Kier molecular flexibility index (Phi) is 5.16. The highest BCUT2D eigenvalue weighted by Gasteiger charge is 2.08. The molecule has 0 radical (unpaired) electrons. The van der Waals surface area contributed by atoms with Crippen LogP contribution in [0.1, 0.15) is 30.9 Å². The largest absolute Gasteiger partial charge is 0.496 e. The van der Waals surface area contributed by atoms with Gasteiger partial charge in [0.15, 0.2) is 0 Å². The summed E-state index contributed by atoms with van der Waals surface area (Å²) in [5.74, 6) is 2.23. The maximum absolute atomic E-state index is 5.36. The number of rotatable bonds is 5. The van der Waals surface area contributed by atoms with E-state index in [0.717, 1.165) is 18.2 Å². The van der Waals surface area contributed by atoms with Crippen LogP contribution in [0.4, 0.5) is 0 Å². The van der Waals surface area contributed by atoms with Gasteiger partial charge in [-0.3, -0.25) is 4.90 Å². The van der Waals surface area contributed by atoms with Crippen molar-refractivity contribution >= 4 is 12.6 Å². The van der Waals surface area contributed by atoms with Gasteiger partial charge >= 0.3 is 0 Å². The average molecular weight is 239 g/mol. The molecule has 0 aliphatic heterocycles. The van der Waals surface area contributed by atoms with Crippen LogP contribution < -0.4 is 4.74 Å². The summed E-state index contributed by atoms with van der Waals surface area (Å²) in [6, 6.07) is 6.39. The van der Waals surface area contributed by atoms with Gasteiger partial charge in [0, 0.05) is 12.4 Å².